The van der Waals surface area contributed by atoms with Crippen LogP contribution >= 0.6 is 0 Å². The Morgan fingerprint density at radius 2 is 1.48 bits per heavy atom. The molecule has 0 saturated carbocycles. The van der Waals surface area contributed by atoms with Gasteiger partial charge in [-0.3, -0.25) is 9.78 Å². The van der Waals surface area contributed by atoms with Crippen LogP contribution in [0.15, 0.2) is 79.3 Å². The maximum atomic E-state index is 13.0. The zero-order valence-corrected chi connectivity index (χ0v) is 14.4. The minimum Gasteiger partial charge on any atom is -0.309 e. The lowest BCUT2D eigenvalue weighted by molar-refractivity contribution is -0.124. The van der Waals surface area contributed by atoms with Crippen LogP contribution in [0.1, 0.15) is 30.9 Å². The molecule has 0 fully saturated rings. The van der Waals surface area contributed by atoms with Crippen LogP contribution in [0.4, 0.5) is 5.82 Å². The summed E-state index contributed by atoms with van der Waals surface area (Å²) < 4.78 is 0. The number of carbonyl (C=O) groups is 1. The third kappa shape index (κ3) is 3.74. The van der Waals surface area contributed by atoms with Gasteiger partial charge in [0.05, 0.1) is 11.6 Å². The van der Waals surface area contributed by atoms with E-state index in [9.17, 15) is 4.79 Å². The quantitative estimate of drug-likeness (QED) is 0.759. The van der Waals surface area contributed by atoms with E-state index >= 15 is 0 Å². The molecule has 1 N–H and O–H groups in total. The first kappa shape index (κ1) is 16.8. The molecule has 126 valence electrons. The Bertz CT molecular complexity index is 778. The van der Waals surface area contributed by atoms with Crippen molar-refractivity contribution in [3.8, 4) is 0 Å². The van der Waals surface area contributed by atoms with Gasteiger partial charge in [-0.2, -0.15) is 0 Å². The number of anilines is 1. The first-order valence-electron chi connectivity index (χ1n) is 8.26. The van der Waals surface area contributed by atoms with Gasteiger partial charge in [0.25, 0.3) is 0 Å². The van der Waals surface area contributed by atoms with Gasteiger partial charge in [0, 0.05) is 18.3 Å². The summed E-state index contributed by atoms with van der Waals surface area (Å²) in [5, 5.41) is 2.89. The molecule has 0 spiro atoms. The molecular formula is C21H21N3O. The predicted molar refractivity (Wildman–Crippen MR) is 99.2 cm³/mol. The van der Waals surface area contributed by atoms with Crippen LogP contribution in [0.25, 0.3) is 0 Å². The number of amides is 1. The second kappa shape index (κ2) is 7.26. The topological polar surface area (TPSA) is 54.9 Å². The Labute approximate surface area is 148 Å². The fourth-order valence-electron chi connectivity index (χ4n) is 3.09. The fourth-order valence-corrected chi connectivity index (χ4v) is 3.09. The molecule has 2 aromatic carbocycles. The zero-order chi connectivity index (χ0) is 17.7. The van der Waals surface area contributed by atoms with Crippen LogP contribution in [0.5, 0.6) is 0 Å². The van der Waals surface area contributed by atoms with E-state index in [1.165, 1.54) is 0 Å². The molecule has 25 heavy (non-hydrogen) atoms. The SMILES string of the molecule is CC(C)(C(=O)Nc1cnccn1)C(c1ccccc1)c1ccccc1. The monoisotopic (exact) mass is 331 g/mol. The van der Waals surface area contributed by atoms with Gasteiger partial charge in [-0.1, -0.05) is 74.5 Å². The molecule has 4 nitrogen and oxygen atoms in total. The molecule has 4 heteroatoms. The van der Waals surface area contributed by atoms with E-state index in [4.69, 9.17) is 0 Å². The lowest BCUT2D eigenvalue weighted by Gasteiger charge is -2.34. The average molecular weight is 331 g/mol. The van der Waals surface area contributed by atoms with Gasteiger partial charge in [-0.25, -0.2) is 4.98 Å². The van der Waals surface area contributed by atoms with Crippen molar-refractivity contribution in [3.63, 3.8) is 0 Å². The normalized spacial score (nSPS) is 11.3. The van der Waals surface area contributed by atoms with Crippen molar-refractivity contribution in [2.45, 2.75) is 19.8 Å². The molecule has 1 amide bonds. The number of carbonyl (C=O) groups excluding carboxylic acids is 1. The van der Waals surface area contributed by atoms with Gasteiger partial charge in [0.1, 0.15) is 0 Å². The molecule has 0 unspecified atom stereocenters. The smallest absolute Gasteiger partial charge is 0.232 e. The van der Waals surface area contributed by atoms with E-state index in [2.05, 4.69) is 39.6 Å². The minimum atomic E-state index is -0.680. The molecule has 3 aromatic rings. The third-order valence-corrected chi connectivity index (χ3v) is 4.38. The summed E-state index contributed by atoms with van der Waals surface area (Å²) in [4.78, 5) is 21.2. The summed E-state index contributed by atoms with van der Waals surface area (Å²) in [6.07, 6.45) is 4.69. The number of aromatic nitrogens is 2. The Morgan fingerprint density at radius 1 is 0.920 bits per heavy atom. The Morgan fingerprint density at radius 3 is 1.96 bits per heavy atom. The summed E-state index contributed by atoms with van der Waals surface area (Å²) in [5.41, 5.74) is 1.53. The molecule has 0 radical (unpaired) electrons. The Kier molecular flexibility index (Phi) is 4.89. The second-order valence-electron chi connectivity index (χ2n) is 6.52. The number of benzene rings is 2. The van der Waals surface area contributed by atoms with E-state index in [0.29, 0.717) is 5.82 Å². The predicted octanol–water partition coefficient (Wildman–Crippen LogP) is 4.27. The molecule has 3 rings (SSSR count). The lowest BCUT2D eigenvalue weighted by atomic mass is 9.70. The molecule has 0 aliphatic heterocycles. The number of hydrogen-bond acceptors (Lipinski definition) is 3. The summed E-state index contributed by atoms with van der Waals surface area (Å²) in [7, 11) is 0. The fraction of sp³-hybridized carbons (Fsp3) is 0.190. The van der Waals surface area contributed by atoms with Crippen molar-refractivity contribution in [2.75, 3.05) is 5.32 Å². The first-order valence-corrected chi connectivity index (χ1v) is 8.26. The molecule has 0 saturated heterocycles. The van der Waals surface area contributed by atoms with Crippen molar-refractivity contribution in [2.24, 2.45) is 5.41 Å². The van der Waals surface area contributed by atoms with E-state index in [1.807, 2.05) is 50.2 Å². The van der Waals surface area contributed by atoms with E-state index < -0.39 is 5.41 Å². The molecule has 0 bridgehead atoms. The van der Waals surface area contributed by atoms with E-state index in [0.717, 1.165) is 11.1 Å². The van der Waals surface area contributed by atoms with Gasteiger partial charge in [-0.15, -0.1) is 0 Å². The molecule has 0 atom stereocenters. The van der Waals surface area contributed by atoms with Gasteiger partial charge in [0.2, 0.25) is 5.91 Å². The lowest BCUT2D eigenvalue weighted by Crippen LogP contribution is -2.37. The Hall–Kier alpha value is -3.01. The molecule has 1 heterocycles. The zero-order valence-electron chi connectivity index (χ0n) is 14.4. The van der Waals surface area contributed by atoms with Crippen LogP contribution in [0.3, 0.4) is 0 Å². The molecule has 1 aromatic heterocycles. The van der Waals surface area contributed by atoms with Gasteiger partial charge in [-0.05, 0) is 11.1 Å². The highest BCUT2D eigenvalue weighted by molar-refractivity contribution is 5.95. The van der Waals surface area contributed by atoms with Crippen LogP contribution in [0, 0.1) is 5.41 Å². The second-order valence-corrected chi connectivity index (χ2v) is 6.52. The van der Waals surface area contributed by atoms with Crippen molar-refractivity contribution < 1.29 is 4.79 Å². The third-order valence-electron chi connectivity index (χ3n) is 4.38. The largest absolute Gasteiger partial charge is 0.309 e. The minimum absolute atomic E-state index is 0.0772. The van der Waals surface area contributed by atoms with Crippen molar-refractivity contribution in [1.29, 1.82) is 0 Å². The average Bonchev–Trinajstić information content (AvgIpc) is 2.64. The summed E-state index contributed by atoms with van der Waals surface area (Å²) in [6, 6.07) is 20.2. The highest BCUT2D eigenvalue weighted by atomic mass is 16.2. The van der Waals surface area contributed by atoms with Crippen LogP contribution < -0.4 is 5.32 Å². The van der Waals surface area contributed by atoms with Gasteiger partial charge in [0.15, 0.2) is 5.82 Å². The summed E-state index contributed by atoms with van der Waals surface area (Å²) in [5.74, 6) is 0.290. The number of rotatable bonds is 5. The van der Waals surface area contributed by atoms with E-state index in [1.54, 1.807) is 18.6 Å². The van der Waals surface area contributed by atoms with Crippen molar-refractivity contribution >= 4 is 11.7 Å². The van der Waals surface area contributed by atoms with Crippen LogP contribution in [-0.2, 0) is 4.79 Å². The van der Waals surface area contributed by atoms with Gasteiger partial charge >= 0.3 is 0 Å². The number of hydrogen-bond donors (Lipinski definition) is 1. The number of nitrogens with one attached hydrogen (secondary N) is 1. The van der Waals surface area contributed by atoms with E-state index in [-0.39, 0.29) is 11.8 Å². The number of nitrogens with zero attached hydrogens (tertiary/aromatic N) is 2. The van der Waals surface area contributed by atoms with Crippen LogP contribution in [-0.4, -0.2) is 15.9 Å². The maximum absolute atomic E-state index is 13.0. The molecule has 0 aliphatic rings. The van der Waals surface area contributed by atoms with Crippen LogP contribution in [0.2, 0.25) is 0 Å². The summed E-state index contributed by atoms with van der Waals surface area (Å²) in [6.45, 7) is 3.92. The summed E-state index contributed by atoms with van der Waals surface area (Å²) >= 11 is 0. The van der Waals surface area contributed by atoms with Crippen molar-refractivity contribution in [3.05, 3.63) is 90.4 Å². The standard InChI is InChI=1S/C21H21N3O/c1-21(2,20(25)24-18-15-22-13-14-23-18)19(16-9-5-3-6-10-16)17-11-7-4-8-12-17/h3-15,19H,1-2H3,(H,23,24,25). The molecular weight excluding hydrogens is 310 g/mol. The highest BCUT2D eigenvalue weighted by Gasteiger charge is 2.38. The maximum Gasteiger partial charge on any atom is 0.232 e. The Balaban J connectivity index is 1.98. The molecule has 0 aliphatic carbocycles. The van der Waals surface area contributed by atoms with Crippen molar-refractivity contribution in [1.82, 2.24) is 9.97 Å². The first-order chi connectivity index (χ1) is 12.1. The highest BCUT2D eigenvalue weighted by Crippen LogP contribution is 2.41. The van der Waals surface area contributed by atoms with Gasteiger partial charge < -0.3 is 5.32 Å².